The zero-order valence-electron chi connectivity index (χ0n) is 5.29. The molecule has 0 aliphatic heterocycles. The average Bonchev–Trinajstić information content (AvgIpc) is 2.62. The molecule has 0 N–H and O–H groups in total. The van der Waals surface area contributed by atoms with Crippen LogP contribution in [0.4, 0.5) is 0 Å². The molecule has 1 aliphatic carbocycles. The second-order valence-corrected chi connectivity index (χ2v) is 2.32. The van der Waals surface area contributed by atoms with Crippen LogP contribution in [0.2, 0.25) is 0 Å². The highest BCUT2D eigenvalue weighted by Crippen LogP contribution is 2.39. The van der Waals surface area contributed by atoms with Crippen LogP contribution >= 0.6 is 0 Å². The van der Waals surface area contributed by atoms with Crippen LogP contribution in [-0.4, -0.2) is 6.29 Å². The Morgan fingerprint density at radius 2 is 2.22 bits per heavy atom. The van der Waals surface area contributed by atoms with Crippen LogP contribution in [-0.2, 0) is 4.79 Å². The van der Waals surface area contributed by atoms with E-state index >= 15 is 0 Å². The molecule has 0 bridgehead atoms. The van der Waals surface area contributed by atoms with E-state index in [0.717, 1.165) is 6.29 Å². The molecule has 1 heteroatoms. The van der Waals surface area contributed by atoms with Crippen molar-refractivity contribution < 1.29 is 4.79 Å². The summed E-state index contributed by atoms with van der Waals surface area (Å²) >= 11 is 0. The fourth-order valence-corrected chi connectivity index (χ4v) is 0.916. The van der Waals surface area contributed by atoms with E-state index in [4.69, 9.17) is 0 Å². The molecular formula is C8H10O. The molecule has 1 nitrogen and oxygen atoms in total. The maximum atomic E-state index is 9.82. The van der Waals surface area contributed by atoms with Crippen molar-refractivity contribution in [1.82, 2.24) is 0 Å². The third kappa shape index (κ3) is 1.53. The molecule has 0 aromatic rings. The molecule has 0 aromatic carbocycles. The predicted octanol–water partition coefficient (Wildman–Crippen LogP) is 1.56. The van der Waals surface area contributed by atoms with E-state index in [9.17, 15) is 4.79 Å². The monoisotopic (exact) mass is 122 g/mol. The smallest absolute Gasteiger partial charge is 0.142 e. The molecule has 1 rings (SSSR count). The van der Waals surface area contributed by atoms with E-state index in [1.807, 2.05) is 12.2 Å². The first-order valence-electron chi connectivity index (χ1n) is 3.13. The quantitative estimate of drug-likeness (QED) is 0.315. The second kappa shape index (κ2) is 2.62. The van der Waals surface area contributed by atoms with Crippen molar-refractivity contribution >= 4 is 6.29 Å². The van der Waals surface area contributed by atoms with Gasteiger partial charge in [-0.1, -0.05) is 12.2 Å². The number of hydrogen-bond acceptors (Lipinski definition) is 1. The van der Waals surface area contributed by atoms with Gasteiger partial charge >= 0.3 is 0 Å². The molecule has 0 spiro atoms. The van der Waals surface area contributed by atoms with E-state index in [2.05, 4.69) is 6.58 Å². The topological polar surface area (TPSA) is 17.1 Å². The predicted molar refractivity (Wildman–Crippen MR) is 37.0 cm³/mol. The van der Waals surface area contributed by atoms with Crippen LogP contribution < -0.4 is 0 Å². The first-order valence-corrected chi connectivity index (χ1v) is 3.13. The van der Waals surface area contributed by atoms with Crippen LogP contribution in [0.3, 0.4) is 0 Å². The van der Waals surface area contributed by atoms with Crippen molar-refractivity contribution in [1.29, 1.82) is 0 Å². The van der Waals surface area contributed by atoms with Crippen LogP contribution in [0, 0.1) is 11.8 Å². The average molecular weight is 122 g/mol. The minimum absolute atomic E-state index is 0.604. The summed E-state index contributed by atoms with van der Waals surface area (Å²) in [5.41, 5.74) is 0. The molecule has 0 amide bonds. The number of hydrogen-bond donors (Lipinski definition) is 0. The van der Waals surface area contributed by atoms with E-state index in [-0.39, 0.29) is 0 Å². The highest BCUT2D eigenvalue weighted by atomic mass is 16.1. The lowest BCUT2D eigenvalue weighted by Crippen LogP contribution is -1.70. The Balaban J connectivity index is 2.26. The summed E-state index contributed by atoms with van der Waals surface area (Å²) < 4.78 is 0. The third-order valence-corrected chi connectivity index (χ3v) is 1.63. The molecule has 1 aliphatic rings. The lowest BCUT2D eigenvalue weighted by atomic mass is 10.3. The van der Waals surface area contributed by atoms with Gasteiger partial charge in [-0.3, -0.25) is 4.79 Å². The first kappa shape index (κ1) is 6.27. The summed E-state index contributed by atoms with van der Waals surface area (Å²) in [4.78, 5) is 9.82. The molecule has 48 valence electrons. The summed E-state index contributed by atoms with van der Waals surface area (Å²) in [6.45, 7) is 3.66. The Kier molecular flexibility index (Phi) is 1.83. The Morgan fingerprint density at radius 3 is 2.67 bits per heavy atom. The van der Waals surface area contributed by atoms with Crippen molar-refractivity contribution in [2.24, 2.45) is 11.8 Å². The van der Waals surface area contributed by atoms with E-state index in [1.165, 1.54) is 6.42 Å². The molecule has 0 unspecified atom stereocenters. The van der Waals surface area contributed by atoms with Gasteiger partial charge in [-0.15, -0.1) is 6.58 Å². The number of carbonyl (C=O) groups is 1. The van der Waals surface area contributed by atoms with Crippen molar-refractivity contribution in [2.75, 3.05) is 0 Å². The van der Waals surface area contributed by atoms with Gasteiger partial charge in [0.1, 0.15) is 6.29 Å². The fraction of sp³-hybridized carbons (Fsp3) is 0.375. The zero-order valence-corrected chi connectivity index (χ0v) is 5.29. The van der Waals surface area contributed by atoms with Gasteiger partial charge < -0.3 is 0 Å². The molecule has 0 heterocycles. The summed E-state index contributed by atoms with van der Waals surface area (Å²) in [7, 11) is 0. The SMILES string of the molecule is C=C[C@@H]1C[C@@H]1/C=C/C=O. The normalized spacial score (nSPS) is 32.4. The van der Waals surface area contributed by atoms with Crippen molar-refractivity contribution in [3.05, 3.63) is 24.8 Å². The molecule has 9 heavy (non-hydrogen) atoms. The fourth-order valence-electron chi connectivity index (χ4n) is 0.916. The van der Waals surface area contributed by atoms with Gasteiger partial charge in [-0.25, -0.2) is 0 Å². The largest absolute Gasteiger partial charge is 0.299 e. The van der Waals surface area contributed by atoms with Crippen LogP contribution in [0.15, 0.2) is 24.8 Å². The maximum absolute atomic E-state index is 9.82. The van der Waals surface area contributed by atoms with Gasteiger partial charge in [-0.2, -0.15) is 0 Å². The van der Waals surface area contributed by atoms with E-state index < -0.39 is 0 Å². The minimum atomic E-state index is 0.604. The number of aldehydes is 1. The van der Waals surface area contributed by atoms with Gasteiger partial charge in [0.15, 0.2) is 0 Å². The number of allylic oxidation sites excluding steroid dienone is 3. The van der Waals surface area contributed by atoms with Crippen molar-refractivity contribution in [2.45, 2.75) is 6.42 Å². The van der Waals surface area contributed by atoms with Crippen molar-refractivity contribution in [3.8, 4) is 0 Å². The third-order valence-electron chi connectivity index (χ3n) is 1.63. The van der Waals surface area contributed by atoms with Gasteiger partial charge in [0.2, 0.25) is 0 Å². The molecular weight excluding hydrogens is 112 g/mol. The molecule has 1 fully saturated rings. The molecule has 0 radical (unpaired) electrons. The minimum Gasteiger partial charge on any atom is -0.299 e. The summed E-state index contributed by atoms with van der Waals surface area (Å²) in [6.07, 6.45) is 7.44. The Morgan fingerprint density at radius 1 is 1.44 bits per heavy atom. The highest BCUT2D eigenvalue weighted by molar-refractivity contribution is 5.64. The molecule has 2 atom stereocenters. The highest BCUT2D eigenvalue weighted by Gasteiger charge is 2.31. The van der Waals surface area contributed by atoms with Gasteiger partial charge in [-0.05, 0) is 24.3 Å². The molecule has 0 saturated heterocycles. The van der Waals surface area contributed by atoms with Gasteiger partial charge in [0.25, 0.3) is 0 Å². The first-order chi connectivity index (χ1) is 4.38. The number of rotatable bonds is 3. The Hall–Kier alpha value is -0.850. The lowest BCUT2D eigenvalue weighted by Gasteiger charge is -1.78. The summed E-state index contributed by atoms with van der Waals surface area (Å²) in [6, 6.07) is 0. The maximum Gasteiger partial charge on any atom is 0.142 e. The van der Waals surface area contributed by atoms with Crippen LogP contribution in [0.1, 0.15) is 6.42 Å². The lowest BCUT2D eigenvalue weighted by molar-refractivity contribution is -0.104. The van der Waals surface area contributed by atoms with Gasteiger partial charge in [0, 0.05) is 0 Å². The standard InChI is InChI=1S/C8H10O/c1-2-7-6-8(7)4-3-5-9/h2-5,7-8H,1,6H2/b4-3+/t7-,8+/m1/s1. The molecule has 1 saturated carbocycles. The second-order valence-electron chi connectivity index (χ2n) is 2.32. The van der Waals surface area contributed by atoms with Crippen LogP contribution in [0.25, 0.3) is 0 Å². The summed E-state index contributed by atoms with van der Waals surface area (Å²) in [5, 5.41) is 0. The van der Waals surface area contributed by atoms with Gasteiger partial charge in [0.05, 0.1) is 0 Å². The summed E-state index contributed by atoms with van der Waals surface area (Å²) in [5.74, 6) is 1.24. The number of carbonyl (C=O) groups excluding carboxylic acids is 1. The molecule has 0 aromatic heterocycles. The van der Waals surface area contributed by atoms with Crippen LogP contribution in [0.5, 0.6) is 0 Å². The van der Waals surface area contributed by atoms with E-state index in [0.29, 0.717) is 11.8 Å². The van der Waals surface area contributed by atoms with Crippen molar-refractivity contribution in [3.63, 3.8) is 0 Å². The Bertz CT molecular complexity index is 147. The zero-order chi connectivity index (χ0) is 6.69. The Labute approximate surface area is 55.1 Å². The van der Waals surface area contributed by atoms with E-state index in [1.54, 1.807) is 6.08 Å².